The Labute approximate surface area is 173 Å². The molecule has 0 saturated heterocycles. The van der Waals surface area contributed by atoms with Crippen molar-refractivity contribution >= 4 is 29.8 Å². The van der Waals surface area contributed by atoms with E-state index in [0.29, 0.717) is 0 Å². The molecular formula is C20H26O10. The molecule has 0 aromatic carbocycles. The van der Waals surface area contributed by atoms with Crippen LogP contribution in [0.3, 0.4) is 0 Å². The van der Waals surface area contributed by atoms with Gasteiger partial charge in [0.1, 0.15) is 24.4 Å². The third-order valence-corrected chi connectivity index (χ3v) is 4.89. The molecule has 0 N–H and O–H groups in total. The van der Waals surface area contributed by atoms with Crippen molar-refractivity contribution in [2.45, 2.75) is 71.6 Å². The van der Waals surface area contributed by atoms with Gasteiger partial charge in [0.25, 0.3) is 0 Å². The number of ether oxygens (including phenoxy) is 5. The summed E-state index contributed by atoms with van der Waals surface area (Å²) in [6.45, 7) is 6.03. The van der Waals surface area contributed by atoms with E-state index in [0.717, 1.165) is 0 Å². The van der Waals surface area contributed by atoms with Gasteiger partial charge in [-0.1, -0.05) is 0 Å². The normalized spacial score (nSPS) is 32.2. The van der Waals surface area contributed by atoms with Crippen molar-refractivity contribution in [2.75, 3.05) is 0 Å². The van der Waals surface area contributed by atoms with Crippen LogP contribution in [0.15, 0.2) is 12.2 Å². The molecule has 0 amide bonds. The highest BCUT2D eigenvalue weighted by atomic mass is 16.6. The second-order valence-electron chi connectivity index (χ2n) is 7.31. The Bertz CT molecular complexity index is 742. The third-order valence-electron chi connectivity index (χ3n) is 4.89. The van der Waals surface area contributed by atoms with Crippen molar-refractivity contribution in [1.29, 1.82) is 0 Å². The van der Waals surface area contributed by atoms with Gasteiger partial charge in [-0.15, -0.1) is 0 Å². The van der Waals surface area contributed by atoms with Gasteiger partial charge < -0.3 is 23.7 Å². The molecule has 30 heavy (non-hydrogen) atoms. The Balaban J connectivity index is 2.54. The van der Waals surface area contributed by atoms with Gasteiger partial charge in [0.05, 0.1) is 0 Å². The lowest BCUT2D eigenvalue weighted by molar-refractivity contribution is -0.218. The number of hydrogen-bond acceptors (Lipinski definition) is 10. The molecule has 0 aromatic heterocycles. The van der Waals surface area contributed by atoms with E-state index in [2.05, 4.69) is 0 Å². The molecule has 2 aliphatic rings. The number of fused-ring (bicyclic) bond motifs is 1. The highest BCUT2D eigenvalue weighted by Gasteiger charge is 2.56. The maximum absolute atomic E-state index is 11.9. The lowest BCUT2D eigenvalue weighted by atomic mass is 9.66. The predicted molar refractivity (Wildman–Crippen MR) is 98.5 cm³/mol. The fourth-order valence-corrected chi connectivity index (χ4v) is 4.14. The van der Waals surface area contributed by atoms with Gasteiger partial charge in [0.2, 0.25) is 0 Å². The third kappa shape index (κ3) is 5.80. The first kappa shape index (κ1) is 23.4. The Hall–Kier alpha value is -2.91. The van der Waals surface area contributed by atoms with Crippen molar-refractivity contribution in [1.82, 2.24) is 0 Å². The number of carbonyl (C=O) groups is 5. The topological polar surface area (TPSA) is 132 Å². The van der Waals surface area contributed by atoms with Crippen molar-refractivity contribution < 1.29 is 47.7 Å². The van der Waals surface area contributed by atoms with Gasteiger partial charge in [-0.25, -0.2) is 0 Å². The Morgan fingerprint density at radius 2 is 1.03 bits per heavy atom. The smallest absolute Gasteiger partial charge is 0.303 e. The molecule has 166 valence electrons. The molecule has 7 atom stereocenters. The summed E-state index contributed by atoms with van der Waals surface area (Å²) >= 11 is 0. The minimum atomic E-state index is -1.13. The first-order valence-electron chi connectivity index (χ1n) is 9.54. The molecule has 10 nitrogen and oxygen atoms in total. The molecule has 0 aliphatic heterocycles. The summed E-state index contributed by atoms with van der Waals surface area (Å²) in [5, 5.41) is 0. The van der Waals surface area contributed by atoms with Crippen LogP contribution in [0.4, 0.5) is 0 Å². The van der Waals surface area contributed by atoms with Crippen LogP contribution in [0, 0.1) is 11.8 Å². The summed E-state index contributed by atoms with van der Waals surface area (Å²) < 4.78 is 27.0. The Morgan fingerprint density at radius 1 is 0.600 bits per heavy atom. The van der Waals surface area contributed by atoms with E-state index in [-0.39, 0.29) is 6.42 Å². The van der Waals surface area contributed by atoms with E-state index >= 15 is 0 Å². The average Bonchev–Trinajstić information content (AvgIpc) is 2.57. The lowest BCUT2D eigenvalue weighted by Crippen LogP contribution is -2.61. The first-order valence-corrected chi connectivity index (χ1v) is 9.54. The van der Waals surface area contributed by atoms with Crippen LogP contribution < -0.4 is 0 Å². The van der Waals surface area contributed by atoms with Gasteiger partial charge in [-0.05, 0) is 18.6 Å². The standard InChI is InChI=1S/C20H26O10/c1-9(21)26-15-6-7-16(27-10(2)22)18-14(15)8-17(28-11(3)23)19(29-12(4)24)20(18)30-13(5)25/h6-7,14-20H,8H2,1-5H3/t14-,15-,16+,17+,18-,19+,20+/m0/s1. The molecule has 0 bridgehead atoms. The second-order valence-corrected chi connectivity index (χ2v) is 7.31. The van der Waals surface area contributed by atoms with Crippen LogP contribution in [0.5, 0.6) is 0 Å². The quantitative estimate of drug-likeness (QED) is 0.354. The van der Waals surface area contributed by atoms with Gasteiger partial charge >= 0.3 is 29.8 Å². The zero-order valence-electron chi connectivity index (χ0n) is 17.5. The minimum absolute atomic E-state index is 0.125. The van der Waals surface area contributed by atoms with Crippen LogP contribution in [-0.4, -0.2) is 60.4 Å². The fourth-order valence-electron chi connectivity index (χ4n) is 4.14. The average molecular weight is 426 g/mol. The zero-order valence-corrected chi connectivity index (χ0v) is 17.5. The fraction of sp³-hybridized carbons (Fsp3) is 0.650. The summed E-state index contributed by atoms with van der Waals surface area (Å²) in [5.41, 5.74) is 0. The number of carbonyl (C=O) groups excluding carboxylic acids is 5. The highest BCUT2D eigenvalue weighted by molar-refractivity contribution is 5.69. The summed E-state index contributed by atoms with van der Waals surface area (Å²) in [4.78, 5) is 58.5. The summed E-state index contributed by atoms with van der Waals surface area (Å²) in [5.74, 6) is -4.30. The van der Waals surface area contributed by atoms with Gasteiger partial charge in [0, 0.05) is 46.5 Å². The molecule has 1 saturated carbocycles. The van der Waals surface area contributed by atoms with E-state index in [1.807, 2.05) is 0 Å². The van der Waals surface area contributed by atoms with Crippen LogP contribution in [-0.2, 0) is 47.7 Å². The molecule has 1 fully saturated rings. The van der Waals surface area contributed by atoms with E-state index in [1.54, 1.807) is 12.2 Å². The van der Waals surface area contributed by atoms with E-state index in [1.165, 1.54) is 34.6 Å². The van der Waals surface area contributed by atoms with Crippen molar-refractivity contribution in [3.05, 3.63) is 12.2 Å². The number of rotatable bonds is 5. The van der Waals surface area contributed by atoms with E-state index in [4.69, 9.17) is 23.7 Å². The summed E-state index contributed by atoms with van der Waals surface area (Å²) in [6, 6.07) is 0. The van der Waals surface area contributed by atoms with Crippen molar-refractivity contribution in [3.8, 4) is 0 Å². The van der Waals surface area contributed by atoms with E-state index in [9.17, 15) is 24.0 Å². The van der Waals surface area contributed by atoms with E-state index < -0.39 is 72.2 Å². The van der Waals surface area contributed by atoms with Crippen LogP contribution in [0.25, 0.3) is 0 Å². The Morgan fingerprint density at radius 3 is 1.53 bits per heavy atom. The van der Waals surface area contributed by atoms with Gasteiger partial charge in [-0.2, -0.15) is 0 Å². The lowest BCUT2D eigenvalue weighted by Gasteiger charge is -2.49. The Kier molecular flexibility index (Phi) is 7.58. The predicted octanol–water partition coefficient (Wildman–Crippen LogP) is 0.851. The molecule has 0 unspecified atom stereocenters. The van der Waals surface area contributed by atoms with Gasteiger partial charge in [-0.3, -0.25) is 24.0 Å². The highest BCUT2D eigenvalue weighted by Crippen LogP contribution is 2.44. The first-order chi connectivity index (χ1) is 14.0. The van der Waals surface area contributed by atoms with Crippen LogP contribution in [0.1, 0.15) is 41.0 Å². The molecule has 0 aromatic rings. The molecule has 2 rings (SSSR count). The second kappa shape index (κ2) is 9.73. The maximum Gasteiger partial charge on any atom is 0.303 e. The summed E-state index contributed by atoms with van der Waals surface area (Å²) in [6.07, 6.45) is -1.52. The largest absolute Gasteiger partial charge is 0.458 e. The zero-order chi connectivity index (χ0) is 22.6. The minimum Gasteiger partial charge on any atom is -0.458 e. The van der Waals surface area contributed by atoms with Crippen molar-refractivity contribution in [3.63, 3.8) is 0 Å². The molecular weight excluding hydrogens is 400 g/mol. The molecule has 0 heterocycles. The van der Waals surface area contributed by atoms with Gasteiger partial charge in [0.15, 0.2) is 6.10 Å². The number of esters is 5. The SMILES string of the molecule is CC(=O)O[C@H]1[C@H](OC(C)=O)[C@H](OC(C)=O)C[C@@H]2[C@H]1[C@H](OC(C)=O)C=C[C@@H]2OC(C)=O. The van der Waals surface area contributed by atoms with Crippen molar-refractivity contribution in [2.24, 2.45) is 11.8 Å². The van der Waals surface area contributed by atoms with Crippen LogP contribution in [0.2, 0.25) is 0 Å². The maximum atomic E-state index is 11.9. The molecule has 2 aliphatic carbocycles. The molecule has 10 heteroatoms. The molecule has 0 radical (unpaired) electrons. The number of hydrogen-bond donors (Lipinski definition) is 0. The molecule has 0 spiro atoms. The van der Waals surface area contributed by atoms with Crippen LogP contribution >= 0.6 is 0 Å². The monoisotopic (exact) mass is 426 g/mol. The summed E-state index contributed by atoms with van der Waals surface area (Å²) in [7, 11) is 0.